The van der Waals surface area contributed by atoms with Gasteiger partial charge in [0.2, 0.25) is 0 Å². The smallest absolute Gasteiger partial charge is 0.170 e. The Balaban J connectivity index is 1.94. The van der Waals surface area contributed by atoms with Gasteiger partial charge in [-0.15, -0.1) is 0 Å². The van der Waals surface area contributed by atoms with E-state index in [9.17, 15) is 13.2 Å². The summed E-state index contributed by atoms with van der Waals surface area (Å²) in [5.41, 5.74) is 2.42. The zero-order valence-electron chi connectivity index (χ0n) is 17.3. The summed E-state index contributed by atoms with van der Waals surface area (Å²) >= 11 is 0. The minimum absolute atomic E-state index is 0.174. The number of rotatable bonds is 9. The molecule has 0 aromatic heterocycles. The molecule has 0 aliphatic carbocycles. The minimum Gasteiger partial charge on any atom is -0.206 e. The Morgan fingerprint density at radius 2 is 1.31 bits per heavy atom. The summed E-state index contributed by atoms with van der Waals surface area (Å²) < 4.78 is 44.6. The lowest BCUT2D eigenvalue weighted by molar-refractivity contribution is 0.513. The fourth-order valence-electron chi connectivity index (χ4n) is 3.82. The highest BCUT2D eigenvalue weighted by Crippen LogP contribution is 2.33. The summed E-state index contributed by atoms with van der Waals surface area (Å²) in [6.07, 6.45) is 7.84. The van der Waals surface area contributed by atoms with Gasteiger partial charge in [0.25, 0.3) is 0 Å². The lowest BCUT2D eigenvalue weighted by atomic mass is 9.95. The van der Waals surface area contributed by atoms with E-state index < -0.39 is 17.5 Å². The van der Waals surface area contributed by atoms with E-state index in [4.69, 9.17) is 0 Å². The van der Waals surface area contributed by atoms with Gasteiger partial charge in [0.05, 0.1) is 5.39 Å². The van der Waals surface area contributed by atoms with E-state index in [-0.39, 0.29) is 10.9 Å². The van der Waals surface area contributed by atoms with E-state index >= 15 is 0 Å². The Labute approximate surface area is 171 Å². The molecule has 0 aliphatic rings. The topological polar surface area (TPSA) is 0 Å². The summed E-state index contributed by atoms with van der Waals surface area (Å²) in [6, 6.07) is 12.5. The Morgan fingerprint density at radius 1 is 0.655 bits per heavy atom. The van der Waals surface area contributed by atoms with Crippen LogP contribution in [0, 0.1) is 17.5 Å². The van der Waals surface area contributed by atoms with Gasteiger partial charge < -0.3 is 0 Å². The zero-order valence-corrected chi connectivity index (χ0v) is 17.3. The molecule has 0 fully saturated rings. The molecule has 3 aromatic carbocycles. The standard InChI is InChI=1S/C26H29F3/c1-3-5-7-9-18-11-13-19(14-12-18)22-17-21-16-15-20(10-8-6-4-2)24(27)23(21)26(29)25(22)28/h11-17H,3-10H2,1-2H3. The van der Waals surface area contributed by atoms with Gasteiger partial charge in [-0.05, 0) is 53.8 Å². The molecule has 0 aliphatic heterocycles. The lowest BCUT2D eigenvalue weighted by Gasteiger charge is -2.12. The van der Waals surface area contributed by atoms with Crippen LogP contribution in [0.2, 0.25) is 0 Å². The first-order valence-corrected chi connectivity index (χ1v) is 10.7. The first-order valence-electron chi connectivity index (χ1n) is 10.7. The Hall–Kier alpha value is -2.29. The van der Waals surface area contributed by atoms with Gasteiger partial charge in [-0.3, -0.25) is 0 Å². The summed E-state index contributed by atoms with van der Waals surface area (Å²) in [7, 11) is 0. The SMILES string of the molecule is CCCCCc1ccc(-c2cc3ccc(CCCCC)c(F)c3c(F)c2F)cc1. The van der Waals surface area contributed by atoms with Gasteiger partial charge in [0.1, 0.15) is 5.82 Å². The highest BCUT2D eigenvalue weighted by molar-refractivity contribution is 5.89. The van der Waals surface area contributed by atoms with Crippen LogP contribution >= 0.6 is 0 Å². The summed E-state index contributed by atoms with van der Waals surface area (Å²) in [5.74, 6) is -2.71. The fraction of sp³-hybridized carbons (Fsp3) is 0.385. The van der Waals surface area contributed by atoms with E-state index in [0.29, 0.717) is 22.9 Å². The maximum Gasteiger partial charge on any atom is 0.170 e. The summed E-state index contributed by atoms with van der Waals surface area (Å²) in [4.78, 5) is 0. The predicted octanol–water partition coefficient (Wildman–Crippen LogP) is 8.39. The second-order valence-electron chi connectivity index (χ2n) is 7.80. The Kier molecular flexibility index (Phi) is 7.35. The molecule has 0 heterocycles. The van der Waals surface area contributed by atoms with Crippen LogP contribution in [0.3, 0.4) is 0 Å². The van der Waals surface area contributed by atoms with Crippen LogP contribution in [-0.2, 0) is 12.8 Å². The van der Waals surface area contributed by atoms with Crippen LogP contribution in [0.15, 0.2) is 42.5 Å². The van der Waals surface area contributed by atoms with Gasteiger partial charge in [0, 0.05) is 5.56 Å². The normalized spacial score (nSPS) is 11.3. The molecule has 3 aromatic rings. The highest BCUT2D eigenvalue weighted by Gasteiger charge is 2.19. The summed E-state index contributed by atoms with van der Waals surface area (Å²) in [5, 5.41) is 0.152. The fourth-order valence-corrected chi connectivity index (χ4v) is 3.82. The molecule has 0 saturated carbocycles. The number of benzene rings is 3. The second-order valence-corrected chi connectivity index (χ2v) is 7.80. The van der Waals surface area contributed by atoms with E-state index in [1.165, 1.54) is 12.0 Å². The molecule has 0 spiro atoms. The minimum atomic E-state index is -1.10. The van der Waals surface area contributed by atoms with Crippen molar-refractivity contribution in [3.8, 4) is 11.1 Å². The van der Waals surface area contributed by atoms with Crippen molar-refractivity contribution in [3.05, 3.63) is 71.0 Å². The average molecular weight is 399 g/mol. The van der Waals surface area contributed by atoms with Crippen LogP contribution in [0.5, 0.6) is 0 Å². The molecule has 0 amide bonds. The molecule has 154 valence electrons. The Morgan fingerprint density at radius 3 is 1.97 bits per heavy atom. The van der Waals surface area contributed by atoms with Crippen molar-refractivity contribution in [1.29, 1.82) is 0 Å². The van der Waals surface area contributed by atoms with Crippen molar-refractivity contribution in [2.45, 2.75) is 65.2 Å². The van der Waals surface area contributed by atoms with Crippen LogP contribution in [0.4, 0.5) is 13.2 Å². The van der Waals surface area contributed by atoms with Crippen molar-refractivity contribution in [2.75, 3.05) is 0 Å². The predicted molar refractivity (Wildman–Crippen MR) is 116 cm³/mol. The van der Waals surface area contributed by atoms with Gasteiger partial charge in [-0.2, -0.15) is 0 Å². The van der Waals surface area contributed by atoms with Gasteiger partial charge >= 0.3 is 0 Å². The van der Waals surface area contributed by atoms with Crippen molar-refractivity contribution in [3.63, 3.8) is 0 Å². The number of hydrogen-bond acceptors (Lipinski definition) is 0. The molecule has 0 radical (unpaired) electrons. The monoisotopic (exact) mass is 398 g/mol. The molecular formula is C26H29F3. The maximum absolute atomic E-state index is 14.9. The third-order valence-electron chi connectivity index (χ3n) is 5.59. The third-order valence-corrected chi connectivity index (χ3v) is 5.59. The molecule has 0 bridgehead atoms. The quantitative estimate of drug-likeness (QED) is 0.317. The Bertz CT molecular complexity index is 958. The highest BCUT2D eigenvalue weighted by atomic mass is 19.2. The lowest BCUT2D eigenvalue weighted by Crippen LogP contribution is -1.99. The van der Waals surface area contributed by atoms with Gasteiger partial charge in [-0.1, -0.05) is 75.9 Å². The number of hydrogen-bond donors (Lipinski definition) is 0. The molecule has 29 heavy (non-hydrogen) atoms. The van der Waals surface area contributed by atoms with E-state index in [1.54, 1.807) is 18.2 Å². The molecule has 0 nitrogen and oxygen atoms in total. The van der Waals surface area contributed by atoms with Gasteiger partial charge in [-0.25, -0.2) is 13.2 Å². The molecule has 0 N–H and O–H groups in total. The van der Waals surface area contributed by atoms with Crippen LogP contribution in [0.25, 0.3) is 21.9 Å². The van der Waals surface area contributed by atoms with Crippen molar-refractivity contribution < 1.29 is 13.2 Å². The number of halogens is 3. The molecule has 0 unspecified atom stereocenters. The van der Waals surface area contributed by atoms with E-state index in [1.807, 2.05) is 24.3 Å². The number of fused-ring (bicyclic) bond motifs is 1. The molecular weight excluding hydrogens is 369 g/mol. The summed E-state index contributed by atoms with van der Waals surface area (Å²) in [6.45, 7) is 4.24. The van der Waals surface area contributed by atoms with Crippen molar-refractivity contribution in [2.24, 2.45) is 0 Å². The van der Waals surface area contributed by atoms with Crippen LogP contribution in [0.1, 0.15) is 63.5 Å². The maximum atomic E-state index is 14.9. The first kappa shape index (κ1) is 21.4. The van der Waals surface area contributed by atoms with Crippen molar-refractivity contribution in [1.82, 2.24) is 0 Å². The molecule has 3 rings (SSSR count). The number of aryl methyl sites for hydroxylation is 2. The van der Waals surface area contributed by atoms with E-state index in [2.05, 4.69) is 13.8 Å². The first-order chi connectivity index (χ1) is 14.1. The zero-order chi connectivity index (χ0) is 20.8. The average Bonchev–Trinajstić information content (AvgIpc) is 2.73. The molecule has 0 saturated heterocycles. The molecule has 0 atom stereocenters. The van der Waals surface area contributed by atoms with Crippen LogP contribution < -0.4 is 0 Å². The van der Waals surface area contributed by atoms with Crippen LogP contribution in [-0.4, -0.2) is 0 Å². The van der Waals surface area contributed by atoms with E-state index in [0.717, 1.165) is 38.5 Å². The van der Waals surface area contributed by atoms with Gasteiger partial charge in [0.15, 0.2) is 11.6 Å². The third kappa shape index (κ3) is 4.83. The van der Waals surface area contributed by atoms with Crippen molar-refractivity contribution >= 4 is 10.8 Å². The number of unbranched alkanes of at least 4 members (excludes halogenated alkanes) is 4. The largest absolute Gasteiger partial charge is 0.206 e. The molecule has 3 heteroatoms. The second kappa shape index (κ2) is 9.96.